The molecule has 0 radical (unpaired) electrons. The molecular weight excluding hydrogens is 310 g/mol. The van der Waals surface area contributed by atoms with E-state index in [9.17, 15) is 9.18 Å². The number of halogens is 3. The van der Waals surface area contributed by atoms with Gasteiger partial charge in [0.05, 0.1) is 10.6 Å². The molecule has 1 aliphatic heterocycles. The summed E-state index contributed by atoms with van der Waals surface area (Å²) in [4.78, 5) is 12.2. The second kappa shape index (κ2) is 4.67. The van der Waals surface area contributed by atoms with Gasteiger partial charge in [0.1, 0.15) is 5.60 Å². The minimum Gasteiger partial charge on any atom is -0.367 e. The van der Waals surface area contributed by atoms with E-state index in [0.29, 0.717) is 17.5 Å². The van der Waals surface area contributed by atoms with Crippen LogP contribution < -0.4 is 0 Å². The third kappa shape index (κ3) is 2.26. The first-order valence-electron chi connectivity index (χ1n) is 5.28. The Morgan fingerprint density at radius 3 is 2.88 bits per heavy atom. The Kier molecular flexibility index (Phi) is 3.57. The van der Waals surface area contributed by atoms with Crippen LogP contribution in [0.5, 0.6) is 0 Å². The Morgan fingerprint density at radius 2 is 2.29 bits per heavy atom. The van der Waals surface area contributed by atoms with E-state index in [1.165, 1.54) is 6.07 Å². The molecular formula is C12H11BrClFO2. The summed E-state index contributed by atoms with van der Waals surface area (Å²) in [5.41, 5.74) is -0.930. The minimum absolute atomic E-state index is 0.0115. The monoisotopic (exact) mass is 320 g/mol. The highest BCUT2D eigenvalue weighted by Gasteiger charge is 2.39. The lowest BCUT2D eigenvalue weighted by molar-refractivity contribution is 0.0210. The molecule has 1 unspecified atom stereocenters. The fourth-order valence-electron chi connectivity index (χ4n) is 1.94. The van der Waals surface area contributed by atoms with E-state index < -0.39 is 11.4 Å². The molecule has 0 aromatic heterocycles. The SMILES string of the molecule is CC1(C(=O)c2ccc(Br)c(Cl)c2F)CCCO1. The number of ether oxygens (including phenoxy) is 1. The summed E-state index contributed by atoms with van der Waals surface area (Å²) in [5.74, 6) is -1.04. The van der Waals surface area contributed by atoms with E-state index in [1.54, 1.807) is 13.0 Å². The van der Waals surface area contributed by atoms with Gasteiger partial charge in [0.15, 0.2) is 11.6 Å². The van der Waals surface area contributed by atoms with Crippen LogP contribution in [0.1, 0.15) is 30.1 Å². The molecule has 0 saturated carbocycles. The molecule has 2 nitrogen and oxygen atoms in total. The topological polar surface area (TPSA) is 26.3 Å². The van der Waals surface area contributed by atoms with Crippen LogP contribution in [0, 0.1) is 5.82 Å². The van der Waals surface area contributed by atoms with Crippen LogP contribution in [0.2, 0.25) is 5.02 Å². The summed E-state index contributed by atoms with van der Waals surface area (Å²) >= 11 is 8.88. The lowest BCUT2D eigenvalue weighted by Crippen LogP contribution is -2.35. The zero-order valence-electron chi connectivity index (χ0n) is 9.23. The maximum Gasteiger partial charge on any atom is 0.197 e. The highest BCUT2D eigenvalue weighted by atomic mass is 79.9. The first-order chi connectivity index (χ1) is 7.96. The number of Topliss-reactive ketones (excluding diaryl/α,β-unsaturated/α-hetero) is 1. The summed E-state index contributed by atoms with van der Waals surface area (Å²) in [6.07, 6.45) is 1.42. The van der Waals surface area contributed by atoms with Gasteiger partial charge in [0, 0.05) is 11.1 Å². The number of carbonyl (C=O) groups is 1. The fourth-order valence-corrected chi connectivity index (χ4v) is 2.42. The maximum absolute atomic E-state index is 13.9. The molecule has 1 aliphatic rings. The third-order valence-corrected chi connectivity index (χ3v) is 4.24. The number of rotatable bonds is 2. The number of ketones is 1. The molecule has 5 heteroatoms. The summed E-state index contributed by atoms with van der Waals surface area (Å²) in [5, 5.41) is -0.0718. The molecule has 1 atom stereocenters. The van der Waals surface area contributed by atoms with Crippen molar-refractivity contribution in [2.24, 2.45) is 0 Å². The highest BCUT2D eigenvalue weighted by molar-refractivity contribution is 9.10. The number of carbonyl (C=O) groups excluding carboxylic acids is 1. The normalized spacial score (nSPS) is 24.0. The van der Waals surface area contributed by atoms with Gasteiger partial charge in [-0.3, -0.25) is 4.79 Å². The van der Waals surface area contributed by atoms with Crippen LogP contribution in [-0.4, -0.2) is 18.0 Å². The summed E-state index contributed by atoms with van der Waals surface area (Å²) in [7, 11) is 0. The average Bonchev–Trinajstić information content (AvgIpc) is 2.74. The number of hydrogen-bond acceptors (Lipinski definition) is 2. The molecule has 17 heavy (non-hydrogen) atoms. The van der Waals surface area contributed by atoms with Crippen molar-refractivity contribution in [3.05, 3.63) is 33.0 Å². The molecule has 1 aromatic rings. The van der Waals surface area contributed by atoms with Crippen LogP contribution in [0.25, 0.3) is 0 Å². The van der Waals surface area contributed by atoms with Crippen molar-refractivity contribution in [3.63, 3.8) is 0 Å². The second-order valence-electron chi connectivity index (χ2n) is 4.23. The van der Waals surface area contributed by atoms with Gasteiger partial charge in [-0.1, -0.05) is 11.6 Å². The van der Waals surface area contributed by atoms with Crippen molar-refractivity contribution in [2.45, 2.75) is 25.4 Å². The molecule has 1 heterocycles. The Bertz CT molecular complexity index is 470. The second-order valence-corrected chi connectivity index (χ2v) is 5.47. The first kappa shape index (κ1) is 13.0. The van der Waals surface area contributed by atoms with Crippen molar-refractivity contribution in [1.29, 1.82) is 0 Å². The predicted octanol–water partition coefficient (Wildman–Crippen LogP) is 3.99. The van der Waals surface area contributed by atoms with E-state index >= 15 is 0 Å². The number of benzene rings is 1. The Morgan fingerprint density at radius 1 is 1.59 bits per heavy atom. The van der Waals surface area contributed by atoms with Gasteiger partial charge in [-0.2, -0.15) is 0 Å². The van der Waals surface area contributed by atoms with Crippen LogP contribution in [0.15, 0.2) is 16.6 Å². The Balaban J connectivity index is 2.41. The van der Waals surface area contributed by atoms with Crippen LogP contribution in [0.4, 0.5) is 4.39 Å². The molecule has 2 rings (SSSR count). The van der Waals surface area contributed by atoms with Crippen molar-refractivity contribution in [2.75, 3.05) is 6.61 Å². The maximum atomic E-state index is 13.9. The van der Waals surface area contributed by atoms with Crippen LogP contribution >= 0.6 is 27.5 Å². The molecule has 1 saturated heterocycles. The van der Waals surface area contributed by atoms with E-state index in [2.05, 4.69) is 15.9 Å². The number of hydrogen-bond donors (Lipinski definition) is 0. The smallest absolute Gasteiger partial charge is 0.197 e. The molecule has 0 aliphatic carbocycles. The quantitative estimate of drug-likeness (QED) is 0.608. The predicted molar refractivity (Wildman–Crippen MR) is 67.0 cm³/mol. The zero-order chi connectivity index (χ0) is 12.6. The lowest BCUT2D eigenvalue weighted by atomic mass is 9.92. The van der Waals surface area contributed by atoms with Gasteiger partial charge in [-0.05, 0) is 47.8 Å². The van der Waals surface area contributed by atoms with Gasteiger partial charge in [-0.15, -0.1) is 0 Å². The van der Waals surface area contributed by atoms with Crippen molar-refractivity contribution < 1.29 is 13.9 Å². The third-order valence-electron chi connectivity index (χ3n) is 2.98. The van der Waals surface area contributed by atoms with Crippen molar-refractivity contribution >= 4 is 33.3 Å². The van der Waals surface area contributed by atoms with E-state index in [4.69, 9.17) is 16.3 Å². The Labute approximate surface area is 112 Å². The van der Waals surface area contributed by atoms with Gasteiger partial charge in [-0.25, -0.2) is 4.39 Å². The minimum atomic E-state index is -0.919. The summed E-state index contributed by atoms with van der Waals surface area (Å²) in [6.45, 7) is 2.23. The van der Waals surface area contributed by atoms with Crippen molar-refractivity contribution in [3.8, 4) is 0 Å². The Hall–Kier alpha value is -0.450. The van der Waals surface area contributed by atoms with Gasteiger partial charge in [0.2, 0.25) is 0 Å². The van der Waals surface area contributed by atoms with Crippen LogP contribution in [0.3, 0.4) is 0 Å². The molecule has 0 spiro atoms. The van der Waals surface area contributed by atoms with Crippen LogP contribution in [-0.2, 0) is 4.74 Å². The van der Waals surface area contributed by atoms with E-state index in [0.717, 1.165) is 6.42 Å². The summed E-state index contributed by atoms with van der Waals surface area (Å²) in [6, 6.07) is 3.00. The van der Waals surface area contributed by atoms with E-state index in [-0.39, 0.29) is 16.4 Å². The molecule has 92 valence electrons. The largest absolute Gasteiger partial charge is 0.367 e. The molecule has 0 amide bonds. The highest BCUT2D eigenvalue weighted by Crippen LogP contribution is 2.33. The lowest BCUT2D eigenvalue weighted by Gasteiger charge is -2.21. The summed E-state index contributed by atoms with van der Waals surface area (Å²) < 4.78 is 19.7. The first-order valence-corrected chi connectivity index (χ1v) is 6.45. The fraction of sp³-hybridized carbons (Fsp3) is 0.417. The molecule has 0 N–H and O–H groups in total. The standard InChI is InChI=1S/C12H11BrClFO2/c1-12(5-2-6-17-12)11(16)7-3-4-8(13)9(14)10(7)15/h3-4H,2,5-6H2,1H3. The van der Waals surface area contributed by atoms with Gasteiger partial charge < -0.3 is 4.74 Å². The molecule has 1 aromatic carbocycles. The molecule has 0 bridgehead atoms. The van der Waals surface area contributed by atoms with Gasteiger partial charge >= 0.3 is 0 Å². The average molecular weight is 322 g/mol. The van der Waals surface area contributed by atoms with E-state index in [1.807, 2.05) is 0 Å². The van der Waals surface area contributed by atoms with Gasteiger partial charge in [0.25, 0.3) is 0 Å². The van der Waals surface area contributed by atoms with Crippen molar-refractivity contribution in [1.82, 2.24) is 0 Å². The zero-order valence-corrected chi connectivity index (χ0v) is 11.6. The molecule has 1 fully saturated rings.